The van der Waals surface area contributed by atoms with Crippen LogP contribution in [0.1, 0.15) is 91.9 Å². The molecule has 3 N–H and O–H groups in total. The van der Waals surface area contributed by atoms with Gasteiger partial charge in [0, 0.05) is 6.04 Å². The number of carbonyl (C=O) groups is 1. The smallest absolute Gasteiger partial charge is 0.332 e. The third kappa shape index (κ3) is 24.4. The van der Waals surface area contributed by atoms with Crippen molar-refractivity contribution in [2.24, 2.45) is 0 Å². The maximum atomic E-state index is 9.45. The van der Waals surface area contributed by atoms with Gasteiger partial charge >= 0.3 is 5.97 Å². The predicted octanol–water partition coefficient (Wildman–Crippen LogP) is 4.36. The molecule has 1 unspecified atom stereocenters. The van der Waals surface area contributed by atoms with Gasteiger partial charge in [-0.2, -0.15) is 0 Å². The summed E-state index contributed by atoms with van der Waals surface area (Å²) < 4.78 is 0. The summed E-state index contributed by atoms with van der Waals surface area (Å²) in [7, 11) is 0. The summed E-state index contributed by atoms with van der Waals surface area (Å²) in [5, 5.41) is 19.2. The van der Waals surface area contributed by atoms with Crippen LogP contribution < -0.4 is 5.32 Å². The molecule has 0 aliphatic heterocycles. The Morgan fingerprint density at radius 1 is 0.864 bits per heavy atom. The summed E-state index contributed by atoms with van der Waals surface area (Å²) >= 11 is 0. The molecule has 4 heteroatoms. The van der Waals surface area contributed by atoms with Gasteiger partial charge in [0.25, 0.3) is 0 Å². The third-order valence-electron chi connectivity index (χ3n) is 3.44. The second kappa shape index (κ2) is 18.4. The molecular formula is C18H39NO3. The lowest BCUT2D eigenvalue weighted by atomic mass is 10.1. The Kier molecular flexibility index (Phi) is 19.8. The molecule has 0 heterocycles. The zero-order valence-corrected chi connectivity index (χ0v) is 15.2. The Balaban J connectivity index is 0. The average Bonchev–Trinajstić information content (AvgIpc) is 2.45. The minimum atomic E-state index is -1.23. The fourth-order valence-electron chi connectivity index (χ4n) is 2.00. The number of carboxylic acids is 1. The van der Waals surface area contributed by atoms with Gasteiger partial charge < -0.3 is 15.5 Å². The molecule has 0 aromatic rings. The van der Waals surface area contributed by atoms with E-state index in [1.807, 2.05) is 0 Å². The number of carboxylic acid groups (broad SMARTS) is 1. The lowest BCUT2D eigenvalue weighted by Crippen LogP contribution is -2.23. The molecule has 0 aliphatic rings. The van der Waals surface area contributed by atoms with Gasteiger partial charge in [0.05, 0.1) is 0 Å². The van der Waals surface area contributed by atoms with Crippen molar-refractivity contribution in [3.05, 3.63) is 0 Å². The Morgan fingerprint density at radius 2 is 1.23 bits per heavy atom. The zero-order valence-electron chi connectivity index (χ0n) is 15.2. The Morgan fingerprint density at radius 3 is 1.55 bits per heavy atom. The summed E-state index contributed by atoms with van der Waals surface area (Å²) in [6, 6.07) is 0.651. The molecule has 0 aromatic carbocycles. The number of aliphatic carboxylic acids is 1. The van der Waals surface area contributed by atoms with E-state index >= 15 is 0 Å². The van der Waals surface area contributed by atoms with Crippen molar-refractivity contribution in [1.82, 2.24) is 5.32 Å². The molecule has 22 heavy (non-hydrogen) atoms. The average molecular weight is 318 g/mol. The molecule has 0 radical (unpaired) electrons. The van der Waals surface area contributed by atoms with E-state index in [9.17, 15) is 4.79 Å². The van der Waals surface area contributed by atoms with Crippen molar-refractivity contribution in [2.75, 3.05) is 6.54 Å². The van der Waals surface area contributed by atoms with Crippen molar-refractivity contribution in [3.8, 4) is 0 Å². The zero-order chi connectivity index (χ0) is 17.2. The molecule has 134 valence electrons. The molecule has 0 saturated heterocycles. The second-order valence-electron chi connectivity index (χ2n) is 6.31. The van der Waals surface area contributed by atoms with Crippen LogP contribution in [0.4, 0.5) is 0 Å². The largest absolute Gasteiger partial charge is 0.479 e. The number of nitrogens with one attached hydrogen (secondary N) is 1. The van der Waals surface area contributed by atoms with E-state index < -0.39 is 12.1 Å². The highest BCUT2D eigenvalue weighted by Gasteiger charge is 2.01. The fourth-order valence-corrected chi connectivity index (χ4v) is 2.00. The standard InChI is InChI=1S/C15H33N.C3H6O3/c1-4-5-6-7-8-9-10-11-12-13-14-16-15(2)3;1-2(4)3(5)6/h15-16H,4-14H2,1-3H3;2,4H,1H3,(H,5,6). The quantitative estimate of drug-likeness (QED) is 0.441. The van der Waals surface area contributed by atoms with Crippen molar-refractivity contribution >= 4 is 5.97 Å². The van der Waals surface area contributed by atoms with Crippen molar-refractivity contribution in [1.29, 1.82) is 0 Å². The van der Waals surface area contributed by atoms with Gasteiger partial charge in [0.15, 0.2) is 0 Å². The van der Waals surface area contributed by atoms with Crippen molar-refractivity contribution < 1.29 is 15.0 Å². The lowest BCUT2D eigenvalue weighted by molar-refractivity contribution is -0.145. The van der Waals surface area contributed by atoms with E-state index in [4.69, 9.17) is 10.2 Å². The second-order valence-corrected chi connectivity index (χ2v) is 6.31. The van der Waals surface area contributed by atoms with Crippen LogP contribution in [0.15, 0.2) is 0 Å². The van der Waals surface area contributed by atoms with Crippen LogP contribution in [-0.4, -0.2) is 34.9 Å². The van der Waals surface area contributed by atoms with Gasteiger partial charge in [-0.25, -0.2) is 4.79 Å². The monoisotopic (exact) mass is 317 g/mol. The summed E-state index contributed by atoms with van der Waals surface area (Å²) in [4.78, 5) is 9.45. The first-order chi connectivity index (χ1) is 10.4. The molecular weight excluding hydrogens is 278 g/mol. The minimum absolute atomic E-state index is 0.651. The summed E-state index contributed by atoms with van der Waals surface area (Å²) in [6.45, 7) is 9.12. The van der Waals surface area contributed by atoms with Gasteiger partial charge in [-0.05, 0) is 19.9 Å². The maximum absolute atomic E-state index is 9.45. The first-order valence-electron chi connectivity index (χ1n) is 9.06. The van der Waals surface area contributed by atoms with Crippen LogP contribution in [0.25, 0.3) is 0 Å². The molecule has 0 saturated carbocycles. The number of rotatable bonds is 13. The molecule has 0 rings (SSSR count). The Bertz CT molecular complexity index is 230. The Labute approximate surface area is 137 Å². The van der Waals surface area contributed by atoms with Crippen LogP contribution in [0.2, 0.25) is 0 Å². The number of hydrogen-bond acceptors (Lipinski definition) is 3. The first kappa shape index (κ1) is 23.7. The molecule has 0 fully saturated rings. The van der Waals surface area contributed by atoms with Gasteiger partial charge in [0.2, 0.25) is 0 Å². The highest BCUT2D eigenvalue weighted by atomic mass is 16.4. The van der Waals surface area contributed by atoms with E-state index in [1.165, 1.54) is 77.7 Å². The van der Waals surface area contributed by atoms with E-state index in [-0.39, 0.29) is 0 Å². The van der Waals surface area contributed by atoms with Crippen molar-refractivity contribution in [3.63, 3.8) is 0 Å². The number of unbranched alkanes of at least 4 members (excludes halogenated alkanes) is 9. The molecule has 1 atom stereocenters. The Hall–Kier alpha value is -0.610. The van der Waals surface area contributed by atoms with Crippen LogP contribution in [-0.2, 0) is 4.79 Å². The maximum Gasteiger partial charge on any atom is 0.332 e. The van der Waals surface area contributed by atoms with E-state index in [1.54, 1.807) is 0 Å². The highest BCUT2D eigenvalue weighted by Crippen LogP contribution is 2.10. The predicted molar refractivity (Wildman–Crippen MR) is 94.3 cm³/mol. The summed E-state index contributed by atoms with van der Waals surface area (Å²) in [5.74, 6) is -1.19. The van der Waals surface area contributed by atoms with Gasteiger partial charge in [-0.1, -0.05) is 78.6 Å². The van der Waals surface area contributed by atoms with Crippen LogP contribution in [0.3, 0.4) is 0 Å². The molecule has 0 spiro atoms. The minimum Gasteiger partial charge on any atom is -0.479 e. The third-order valence-corrected chi connectivity index (χ3v) is 3.44. The van der Waals surface area contributed by atoms with Crippen LogP contribution in [0.5, 0.6) is 0 Å². The number of hydrogen-bond donors (Lipinski definition) is 3. The summed E-state index contributed by atoms with van der Waals surface area (Å²) in [5.41, 5.74) is 0. The molecule has 0 aliphatic carbocycles. The molecule has 0 amide bonds. The summed E-state index contributed by atoms with van der Waals surface area (Å²) in [6.07, 6.45) is 13.1. The van der Waals surface area contributed by atoms with Crippen molar-refractivity contribution in [2.45, 2.75) is 104 Å². The fraction of sp³-hybridized carbons (Fsp3) is 0.944. The number of aliphatic hydroxyl groups is 1. The van der Waals surface area contributed by atoms with E-state index in [2.05, 4.69) is 26.1 Å². The van der Waals surface area contributed by atoms with Crippen LogP contribution >= 0.6 is 0 Å². The molecule has 0 aromatic heterocycles. The van der Waals surface area contributed by atoms with Gasteiger partial charge in [-0.3, -0.25) is 0 Å². The van der Waals surface area contributed by atoms with E-state index in [0.29, 0.717) is 6.04 Å². The van der Waals surface area contributed by atoms with E-state index in [0.717, 1.165) is 0 Å². The topological polar surface area (TPSA) is 69.6 Å². The first-order valence-corrected chi connectivity index (χ1v) is 9.06. The van der Waals surface area contributed by atoms with Crippen LogP contribution in [0, 0.1) is 0 Å². The molecule has 4 nitrogen and oxygen atoms in total. The lowest BCUT2D eigenvalue weighted by Gasteiger charge is -2.07. The highest BCUT2D eigenvalue weighted by molar-refractivity contribution is 5.71. The van der Waals surface area contributed by atoms with Gasteiger partial charge in [0.1, 0.15) is 6.10 Å². The molecule has 0 bridgehead atoms. The van der Waals surface area contributed by atoms with Gasteiger partial charge in [-0.15, -0.1) is 0 Å². The number of aliphatic hydroxyl groups excluding tert-OH is 1. The normalized spacial score (nSPS) is 11.9. The SMILES string of the molecule is CC(O)C(=O)O.CCCCCCCCCCCCNC(C)C.